The molecule has 0 atom stereocenters. The summed E-state index contributed by atoms with van der Waals surface area (Å²) in [6, 6.07) is 3.59. The van der Waals surface area contributed by atoms with E-state index in [9.17, 15) is 0 Å². The average Bonchev–Trinajstić information content (AvgIpc) is 2.05. The number of hydrogen-bond donors (Lipinski definition) is 0. The van der Waals surface area contributed by atoms with E-state index in [0.717, 1.165) is 0 Å². The van der Waals surface area contributed by atoms with E-state index in [2.05, 4.69) is 22.6 Å². The van der Waals surface area contributed by atoms with Crippen LogP contribution in [0.25, 0.3) is 0 Å². The van der Waals surface area contributed by atoms with Gasteiger partial charge in [0.05, 0.1) is 0 Å². The Morgan fingerprint density at radius 2 is 2.09 bits per heavy atom. The van der Waals surface area contributed by atoms with Crippen molar-refractivity contribution in [2.45, 2.75) is 0 Å². The Balaban J connectivity index is 4.55. The van der Waals surface area contributed by atoms with Crippen LogP contribution in [0.1, 0.15) is 0 Å². The van der Waals surface area contributed by atoms with Crippen molar-refractivity contribution in [3.63, 3.8) is 0 Å². The molecule has 0 N–H and O–H groups in total. The van der Waals surface area contributed by atoms with E-state index >= 15 is 0 Å². The number of halogens is 2. The van der Waals surface area contributed by atoms with Crippen molar-refractivity contribution >= 4 is 22.6 Å². The van der Waals surface area contributed by atoms with Gasteiger partial charge in [-0.15, -0.1) is 0 Å². The molecule has 0 radical (unpaired) electrons. The second-order valence-electron chi connectivity index (χ2n) is 1.39. The van der Waals surface area contributed by atoms with Gasteiger partial charge in [0.15, 0.2) is 0 Å². The zero-order valence-corrected chi connectivity index (χ0v) is 10.1. The predicted molar refractivity (Wildman–Crippen MR) is 44.1 cm³/mol. The summed E-state index contributed by atoms with van der Waals surface area (Å²) < 4.78 is 5.76. The van der Waals surface area contributed by atoms with Crippen LogP contribution in [0.2, 0.25) is 0 Å². The van der Waals surface area contributed by atoms with E-state index in [0.29, 0.717) is 10.2 Å². The van der Waals surface area contributed by atoms with Gasteiger partial charge in [0.2, 0.25) is 0 Å². The van der Waals surface area contributed by atoms with Gasteiger partial charge in [-0.1, -0.05) is 0 Å². The van der Waals surface area contributed by atoms with Crippen LogP contribution in [0.5, 0.6) is 0 Å². The summed E-state index contributed by atoms with van der Waals surface area (Å²) in [6.07, 6.45) is 0. The summed E-state index contributed by atoms with van der Waals surface area (Å²) in [5, 5.41) is 16.9. The van der Waals surface area contributed by atoms with Crippen molar-refractivity contribution in [2.24, 2.45) is 0 Å². The Bertz CT molecular complexity index is 220. The van der Waals surface area contributed by atoms with Gasteiger partial charge in [-0.25, -0.2) is 0 Å². The Kier molecular flexibility index (Phi) is 6.66. The summed E-state index contributed by atoms with van der Waals surface area (Å²) in [5.41, 5.74) is 0.0981. The molecule has 60 valence electrons. The molecule has 0 amide bonds. The van der Waals surface area contributed by atoms with Crippen molar-refractivity contribution in [2.75, 3.05) is 9.36 Å². The number of hydrogen-bond acceptors (Lipinski definition) is 3. The van der Waals surface area contributed by atoms with Crippen molar-refractivity contribution < 1.29 is 24.7 Å². The molecular formula is C6H5I2N2O-. The van der Waals surface area contributed by atoms with Crippen molar-refractivity contribution in [1.82, 2.24) is 0 Å². The van der Waals surface area contributed by atoms with E-state index in [1.54, 1.807) is 12.1 Å². The molecule has 11 heavy (non-hydrogen) atoms. The maximum absolute atomic E-state index is 8.45. The molecular weight excluding hydrogens is 370 g/mol. The molecule has 0 fully saturated rings. The fourth-order valence-electron chi connectivity index (χ4n) is 0.369. The third kappa shape index (κ3) is 3.77. The molecule has 0 aliphatic rings. The first kappa shape index (κ1) is 11.0. The van der Waals surface area contributed by atoms with Gasteiger partial charge in [-0.2, -0.15) is 0 Å². The van der Waals surface area contributed by atoms with Gasteiger partial charge in [0.1, 0.15) is 0 Å². The van der Waals surface area contributed by atoms with Crippen LogP contribution in [-0.4, -0.2) is 9.36 Å². The van der Waals surface area contributed by atoms with Crippen LogP contribution in [0.15, 0.2) is 11.3 Å². The molecule has 0 aliphatic carbocycles. The topological polar surface area (TPSA) is 56.8 Å². The van der Waals surface area contributed by atoms with Crippen molar-refractivity contribution in [3.8, 4) is 12.1 Å². The number of nitrogens with zero attached hydrogens (tertiary/aromatic N) is 2. The third-order valence-electron chi connectivity index (χ3n) is 0.794. The maximum atomic E-state index is 8.45. The zero-order valence-electron chi connectivity index (χ0n) is 5.77. The van der Waals surface area contributed by atoms with E-state index in [4.69, 9.17) is 13.6 Å². The van der Waals surface area contributed by atoms with Crippen LogP contribution in [-0.2, 0) is 3.07 Å². The average molecular weight is 375 g/mol. The first-order chi connectivity index (χ1) is 5.29. The van der Waals surface area contributed by atoms with Gasteiger partial charge < -0.3 is 0 Å². The molecule has 0 saturated heterocycles. The van der Waals surface area contributed by atoms with Gasteiger partial charge in [-0.05, 0) is 0 Å². The van der Waals surface area contributed by atoms with Crippen LogP contribution in [0, 0.1) is 22.7 Å². The third-order valence-corrected chi connectivity index (χ3v) is 2.46. The molecule has 0 heterocycles. The molecule has 0 rings (SSSR count). The first-order valence-corrected chi connectivity index (χ1v) is 7.12. The SMILES string of the molecule is C[I-]OC(CI)=C(C#N)C#N. The first-order valence-electron chi connectivity index (χ1n) is 2.55. The Morgan fingerprint density at radius 1 is 1.55 bits per heavy atom. The van der Waals surface area contributed by atoms with Crippen LogP contribution < -0.4 is 21.6 Å². The Morgan fingerprint density at radius 3 is 2.36 bits per heavy atom. The van der Waals surface area contributed by atoms with Crippen molar-refractivity contribution in [3.05, 3.63) is 11.3 Å². The monoisotopic (exact) mass is 375 g/mol. The number of alkyl halides is 2. The molecule has 0 saturated carbocycles. The van der Waals surface area contributed by atoms with Crippen LogP contribution in [0.3, 0.4) is 0 Å². The molecule has 0 bridgehead atoms. The second kappa shape index (κ2) is 6.68. The minimum atomic E-state index is -0.350. The number of rotatable bonds is 3. The number of allylic oxidation sites excluding steroid dienone is 2. The van der Waals surface area contributed by atoms with Crippen molar-refractivity contribution in [1.29, 1.82) is 10.5 Å². The fourth-order valence-corrected chi connectivity index (χ4v) is 2.41. The molecule has 0 aromatic rings. The summed E-state index contributed by atoms with van der Waals surface area (Å²) in [7, 11) is 0. The Labute approximate surface area is 90.0 Å². The molecule has 0 aliphatic heterocycles. The summed E-state index contributed by atoms with van der Waals surface area (Å²) >= 11 is 1.72. The standard InChI is InChI=1S/C6H5I2N2O/c1-8-11-6(2-7)5(3-9)4-10/h2H2,1H3/q-1. The second-order valence-corrected chi connectivity index (χ2v) is 3.47. The van der Waals surface area contributed by atoms with Gasteiger partial charge in [-0.3, -0.25) is 0 Å². The van der Waals surface area contributed by atoms with E-state index in [1.165, 1.54) is 0 Å². The minimum absolute atomic E-state index is 0.0981. The van der Waals surface area contributed by atoms with Gasteiger partial charge in [0, 0.05) is 0 Å². The zero-order chi connectivity index (χ0) is 8.69. The Hall–Kier alpha value is -0.0200. The predicted octanol–water partition coefficient (Wildman–Crippen LogP) is -1.63. The molecule has 5 heteroatoms. The fraction of sp³-hybridized carbons (Fsp3) is 0.333. The number of nitriles is 2. The molecule has 0 aromatic carbocycles. The quantitative estimate of drug-likeness (QED) is 0.258. The van der Waals surface area contributed by atoms with Crippen LogP contribution >= 0.6 is 22.6 Å². The molecule has 3 nitrogen and oxygen atoms in total. The van der Waals surface area contributed by atoms with Gasteiger partial charge >= 0.3 is 90.6 Å². The normalized spacial score (nSPS) is 8.00. The van der Waals surface area contributed by atoms with E-state index < -0.39 is 0 Å². The summed E-state index contributed by atoms with van der Waals surface area (Å²) in [4.78, 5) is 1.93. The summed E-state index contributed by atoms with van der Waals surface area (Å²) in [6.45, 7) is 0. The molecule has 0 unspecified atom stereocenters. The van der Waals surface area contributed by atoms with Crippen LogP contribution in [0.4, 0.5) is 0 Å². The molecule has 0 aromatic heterocycles. The van der Waals surface area contributed by atoms with Gasteiger partial charge in [0.25, 0.3) is 0 Å². The summed E-state index contributed by atoms with van der Waals surface area (Å²) in [5.74, 6) is 0.519. The van der Waals surface area contributed by atoms with E-state index in [1.807, 2.05) is 4.93 Å². The molecule has 0 spiro atoms. The van der Waals surface area contributed by atoms with E-state index in [-0.39, 0.29) is 27.2 Å².